The Labute approximate surface area is 269 Å². The molecule has 232 valence electrons. The smallest absolute Gasteiger partial charge is 0.272 e. The summed E-state index contributed by atoms with van der Waals surface area (Å²) in [6.07, 6.45) is 4.33. The Morgan fingerprint density at radius 2 is 1.58 bits per heavy atom. The number of ether oxygens (including phenoxy) is 1. The third-order valence-corrected chi connectivity index (χ3v) is 8.16. The normalized spacial score (nSPS) is 11.8. The van der Waals surface area contributed by atoms with Gasteiger partial charge in [-0.15, -0.1) is 11.8 Å². The van der Waals surface area contributed by atoms with Crippen LogP contribution in [-0.2, 0) is 9.59 Å². The lowest BCUT2D eigenvalue weighted by Gasteiger charge is -2.16. The Morgan fingerprint density at radius 1 is 0.822 bits per heavy atom. The van der Waals surface area contributed by atoms with Gasteiger partial charge >= 0.3 is 0 Å². The molecule has 0 aromatic heterocycles. The molecule has 45 heavy (non-hydrogen) atoms. The number of anilines is 2. The predicted octanol–water partition coefficient (Wildman–Crippen LogP) is 8.09. The number of benzene rings is 4. The van der Waals surface area contributed by atoms with Gasteiger partial charge in [-0.1, -0.05) is 74.4 Å². The molecule has 0 spiro atoms. The molecular weight excluding hydrogens is 582 g/mol. The van der Waals surface area contributed by atoms with Crippen LogP contribution in [0.3, 0.4) is 0 Å². The first kappa shape index (κ1) is 33.1. The summed E-state index contributed by atoms with van der Waals surface area (Å²) in [5.74, 6) is -0.180. The lowest BCUT2D eigenvalue weighted by molar-refractivity contribution is -0.116. The van der Waals surface area contributed by atoms with Gasteiger partial charge in [-0.25, -0.2) is 0 Å². The third kappa shape index (κ3) is 10.4. The lowest BCUT2D eigenvalue weighted by Crippen LogP contribution is -2.30. The minimum atomic E-state index is -0.463. The van der Waals surface area contributed by atoms with E-state index in [-0.39, 0.29) is 22.8 Å². The number of carbonyl (C=O) groups excluding carboxylic acids is 3. The number of unbranched alkanes of at least 4 members (excludes halogenated alkanes) is 1. The first-order valence-corrected chi connectivity index (χ1v) is 16.0. The van der Waals surface area contributed by atoms with Crippen molar-refractivity contribution in [2.45, 2.75) is 50.2 Å². The zero-order valence-electron chi connectivity index (χ0n) is 25.8. The molecule has 0 aliphatic rings. The molecule has 4 aromatic carbocycles. The number of hydrogen-bond donors (Lipinski definition) is 3. The van der Waals surface area contributed by atoms with Gasteiger partial charge in [0.2, 0.25) is 5.91 Å². The second kappa shape index (κ2) is 16.9. The van der Waals surface area contributed by atoms with Gasteiger partial charge in [0.1, 0.15) is 11.4 Å². The van der Waals surface area contributed by atoms with Crippen molar-refractivity contribution in [2.75, 3.05) is 17.2 Å². The Morgan fingerprint density at radius 3 is 2.29 bits per heavy atom. The Balaban J connectivity index is 1.44. The number of aryl methyl sites for hydroxylation is 1. The van der Waals surface area contributed by atoms with E-state index in [1.807, 2.05) is 86.6 Å². The molecule has 0 aliphatic carbocycles. The van der Waals surface area contributed by atoms with E-state index in [0.29, 0.717) is 30.0 Å². The first-order valence-electron chi connectivity index (χ1n) is 15.1. The SMILES string of the molecule is CCCCOc1ccc(NC(=O)C(CC)Sc2cccc(NC(=O)/C(=C\c3cccc(C)c3)NC(=O)c3ccccc3)c2)cc1. The summed E-state index contributed by atoms with van der Waals surface area (Å²) >= 11 is 1.42. The van der Waals surface area contributed by atoms with Crippen LogP contribution in [0.5, 0.6) is 5.75 Å². The van der Waals surface area contributed by atoms with Crippen molar-refractivity contribution >= 4 is 46.9 Å². The van der Waals surface area contributed by atoms with Crippen molar-refractivity contribution in [1.29, 1.82) is 0 Å². The standard InChI is InChI=1S/C37H39N3O4S/c1-4-6-22-44-31-20-18-29(19-21-31)38-37(43)34(5-2)45-32-17-11-16-30(25-32)39-36(42)33(24-27-13-10-12-26(3)23-27)40-35(41)28-14-8-7-9-15-28/h7-21,23-25,34H,4-6,22H2,1-3H3,(H,38,43)(H,39,42)(H,40,41)/b33-24+. The molecule has 1 atom stereocenters. The monoisotopic (exact) mass is 621 g/mol. The zero-order valence-corrected chi connectivity index (χ0v) is 26.7. The summed E-state index contributed by atoms with van der Waals surface area (Å²) in [6.45, 7) is 6.72. The lowest BCUT2D eigenvalue weighted by atomic mass is 10.1. The average molecular weight is 622 g/mol. The summed E-state index contributed by atoms with van der Waals surface area (Å²) in [6, 6.07) is 31.1. The van der Waals surface area contributed by atoms with Crippen LogP contribution >= 0.6 is 11.8 Å². The maximum Gasteiger partial charge on any atom is 0.272 e. The molecule has 0 saturated heterocycles. The van der Waals surface area contributed by atoms with Gasteiger partial charge in [0.15, 0.2) is 0 Å². The number of amides is 3. The van der Waals surface area contributed by atoms with E-state index in [2.05, 4.69) is 22.9 Å². The van der Waals surface area contributed by atoms with Gasteiger partial charge in [0.25, 0.3) is 11.8 Å². The number of carbonyl (C=O) groups is 3. The van der Waals surface area contributed by atoms with Gasteiger partial charge in [-0.05, 0) is 86.0 Å². The van der Waals surface area contributed by atoms with Crippen LogP contribution in [0.2, 0.25) is 0 Å². The molecule has 7 nitrogen and oxygen atoms in total. The van der Waals surface area contributed by atoms with E-state index in [1.54, 1.807) is 36.4 Å². The minimum absolute atomic E-state index is 0.108. The fourth-order valence-electron chi connectivity index (χ4n) is 4.39. The van der Waals surface area contributed by atoms with Gasteiger partial charge < -0.3 is 20.7 Å². The van der Waals surface area contributed by atoms with E-state index in [1.165, 1.54) is 11.8 Å². The van der Waals surface area contributed by atoms with Gasteiger partial charge in [-0.2, -0.15) is 0 Å². The molecule has 3 amide bonds. The molecule has 1 unspecified atom stereocenters. The second-order valence-corrected chi connectivity index (χ2v) is 11.8. The molecule has 4 aromatic rings. The molecule has 0 fully saturated rings. The molecule has 0 heterocycles. The van der Waals surface area contributed by atoms with E-state index < -0.39 is 5.91 Å². The molecule has 3 N–H and O–H groups in total. The molecular formula is C37H39N3O4S. The quantitative estimate of drug-likeness (QED) is 0.0751. The maximum absolute atomic E-state index is 13.5. The predicted molar refractivity (Wildman–Crippen MR) is 184 cm³/mol. The van der Waals surface area contributed by atoms with Gasteiger partial charge in [-0.3, -0.25) is 14.4 Å². The summed E-state index contributed by atoms with van der Waals surface area (Å²) in [5.41, 5.74) is 3.62. The van der Waals surface area contributed by atoms with E-state index >= 15 is 0 Å². The Kier molecular flexibility index (Phi) is 12.4. The van der Waals surface area contributed by atoms with Crippen molar-refractivity contribution in [3.05, 3.63) is 126 Å². The number of hydrogen-bond acceptors (Lipinski definition) is 5. The molecule has 8 heteroatoms. The molecule has 0 bridgehead atoms. The average Bonchev–Trinajstić information content (AvgIpc) is 3.04. The van der Waals surface area contributed by atoms with Crippen LogP contribution in [-0.4, -0.2) is 29.6 Å². The number of rotatable bonds is 14. The fraction of sp³-hybridized carbons (Fsp3) is 0.216. The van der Waals surface area contributed by atoms with Crippen molar-refractivity contribution in [2.24, 2.45) is 0 Å². The zero-order chi connectivity index (χ0) is 32.0. The minimum Gasteiger partial charge on any atom is -0.494 e. The summed E-state index contributed by atoms with van der Waals surface area (Å²) < 4.78 is 5.71. The van der Waals surface area contributed by atoms with Gasteiger partial charge in [0, 0.05) is 21.8 Å². The second-order valence-electron chi connectivity index (χ2n) is 10.5. The van der Waals surface area contributed by atoms with Crippen LogP contribution in [0.25, 0.3) is 6.08 Å². The van der Waals surface area contributed by atoms with Crippen LogP contribution in [0.15, 0.2) is 114 Å². The third-order valence-electron chi connectivity index (χ3n) is 6.80. The van der Waals surface area contributed by atoms with E-state index in [9.17, 15) is 14.4 Å². The highest BCUT2D eigenvalue weighted by molar-refractivity contribution is 8.00. The number of nitrogens with one attached hydrogen (secondary N) is 3. The van der Waals surface area contributed by atoms with Crippen molar-refractivity contribution in [1.82, 2.24) is 5.32 Å². The Hall–Kier alpha value is -4.82. The van der Waals surface area contributed by atoms with Crippen LogP contribution in [0.4, 0.5) is 11.4 Å². The van der Waals surface area contributed by atoms with Gasteiger partial charge in [0.05, 0.1) is 11.9 Å². The highest BCUT2D eigenvalue weighted by atomic mass is 32.2. The van der Waals surface area contributed by atoms with Crippen molar-refractivity contribution in [3.63, 3.8) is 0 Å². The highest BCUT2D eigenvalue weighted by Crippen LogP contribution is 2.29. The summed E-state index contributed by atoms with van der Waals surface area (Å²) in [5, 5.41) is 8.33. The molecule has 0 aliphatic heterocycles. The topological polar surface area (TPSA) is 96.5 Å². The highest BCUT2D eigenvalue weighted by Gasteiger charge is 2.19. The number of thioether (sulfide) groups is 1. The summed E-state index contributed by atoms with van der Waals surface area (Å²) in [7, 11) is 0. The Bertz CT molecular complexity index is 1620. The van der Waals surface area contributed by atoms with E-state index in [0.717, 1.165) is 34.6 Å². The first-order chi connectivity index (χ1) is 21.8. The maximum atomic E-state index is 13.5. The van der Waals surface area contributed by atoms with Crippen LogP contribution in [0, 0.1) is 6.92 Å². The van der Waals surface area contributed by atoms with Crippen LogP contribution in [0.1, 0.15) is 54.6 Å². The fourth-order valence-corrected chi connectivity index (χ4v) is 5.41. The molecule has 0 radical (unpaired) electrons. The summed E-state index contributed by atoms with van der Waals surface area (Å²) in [4.78, 5) is 40.4. The van der Waals surface area contributed by atoms with Crippen LogP contribution < -0.4 is 20.7 Å². The molecule has 4 rings (SSSR count). The van der Waals surface area contributed by atoms with Crippen molar-refractivity contribution in [3.8, 4) is 5.75 Å². The van der Waals surface area contributed by atoms with E-state index in [4.69, 9.17) is 4.74 Å². The van der Waals surface area contributed by atoms with Crippen molar-refractivity contribution < 1.29 is 19.1 Å². The largest absolute Gasteiger partial charge is 0.494 e. The molecule has 0 saturated carbocycles.